The summed E-state index contributed by atoms with van der Waals surface area (Å²) in [6, 6.07) is 42.2. The largest absolute Gasteiger partial charge is 0.403 e. The van der Waals surface area contributed by atoms with Crippen LogP contribution in [0, 0.1) is 0 Å². The number of hydrogen-bond acceptors (Lipinski definition) is 8. The third-order valence-corrected chi connectivity index (χ3v) is 11.1. The number of benzene rings is 4. The monoisotopic (exact) mass is 717 g/mol. The van der Waals surface area contributed by atoms with Crippen molar-refractivity contribution in [1.82, 2.24) is 36.6 Å². The predicted octanol–water partition coefficient (Wildman–Crippen LogP) is 6.83. The zero-order valence-electron chi connectivity index (χ0n) is 30.8. The third kappa shape index (κ3) is 8.94. The van der Waals surface area contributed by atoms with Crippen molar-refractivity contribution < 1.29 is 9.53 Å². The molecule has 5 aromatic rings. The number of aromatic nitrogens is 4. The highest BCUT2D eigenvalue weighted by Crippen LogP contribution is 2.42. The zero-order valence-corrected chi connectivity index (χ0v) is 31.8. The molecule has 0 bridgehead atoms. The van der Waals surface area contributed by atoms with Gasteiger partial charge in [-0.25, -0.2) is 0 Å². The molecule has 0 amide bonds. The molecule has 0 aliphatic carbocycles. The van der Waals surface area contributed by atoms with Crippen LogP contribution < -0.4 is 16.0 Å². The molecule has 4 heterocycles. The minimum atomic E-state index is -1.77. The Labute approximate surface area is 310 Å². The highest BCUT2D eigenvalue weighted by molar-refractivity contribution is 6.69. The summed E-state index contributed by atoms with van der Waals surface area (Å²) < 4.78 is 6.96. The lowest BCUT2D eigenvalue weighted by Gasteiger charge is -2.44. The van der Waals surface area contributed by atoms with Crippen molar-refractivity contribution in [2.24, 2.45) is 0 Å². The standard InChI is InChI=1S/C20H27NOSi.C17H19NO.C5H9N5/c1-23(2,3)22-20(19-15-10-16-21-19,17-11-6-4-7-12-17)18-13-8-5-9-14-18;19-17(16-12-7-13-18-16,14-8-3-1-4-9-14)15-10-5-2-6-11-15;1-2-4(6-3-1)5-7-9-10-8-5/h4-9,11-14,19,21H,10,15-16H2,1-3H3;1-6,8-11,16,18-19H,7,12-13H2;4,6H,1-3H2,(H,7,8,9,10)/t19-;16-;4-/m000/s1. The van der Waals surface area contributed by atoms with Crippen LogP contribution in [0.15, 0.2) is 121 Å². The molecule has 3 aliphatic rings. The van der Waals surface area contributed by atoms with E-state index in [0.717, 1.165) is 62.3 Å². The van der Waals surface area contributed by atoms with Gasteiger partial charge in [-0.2, -0.15) is 5.21 Å². The fourth-order valence-electron chi connectivity index (χ4n) is 7.86. The second kappa shape index (κ2) is 17.7. The third-order valence-electron chi connectivity index (χ3n) is 10.1. The van der Waals surface area contributed by atoms with Gasteiger partial charge in [0, 0.05) is 12.1 Å². The fourth-order valence-corrected chi connectivity index (χ4v) is 9.20. The number of aromatic amines is 1. The minimum absolute atomic E-state index is 0.0808. The van der Waals surface area contributed by atoms with Crippen LogP contribution in [-0.2, 0) is 15.6 Å². The van der Waals surface area contributed by atoms with Crippen LogP contribution in [0.1, 0.15) is 72.6 Å². The van der Waals surface area contributed by atoms with E-state index in [1.54, 1.807) is 0 Å². The van der Waals surface area contributed by atoms with E-state index in [1.807, 2.05) is 60.7 Å². The Kier molecular flexibility index (Phi) is 12.8. The molecule has 8 rings (SSSR count). The maximum Gasteiger partial charge on any atom is 0.191 e. The predicted molar refractivity (Wildman–Crippen MR) is 210 cm³/mol. The van der Waals surface area contributed by atoms with E-state index >= 15 is 0 Å². The second-order valence-corrected chi connectivity index (χ2v) is 19.3. The van der Waals surface area contributed by atoms with Gasteiger partial charge < -0.3 is 25.5 Å². The van der Waals surface area contributed by atoms with E-state index in [0.29, 0.717) is 12.1 Å². The van der Waals surface area contributed by atoms with Crippen LogP contribution in [0.5, 0.6) is 0 Å². The Morgan fingerprint density at radius 3 is 1.42 bits per heavy atom. The SMILES string of the molecule is C1CN[C@H](c2nn[nH]n2)C1.C[Si](C)(C)OC(c1ccccc1)(c1ccccc1)[C@@H]1CCCN1.OC(c1ccccc1)(c1ccccc1)[C@@H]1CCCN1. The van der Waals surface area contributed by atoms with Crippen LogP contribution in [0.3, 0.4) is 0 Å². The van der Waals surface area contributed by atoms with Gasteiger partial charge in [-0.05, 0) is 100 Å². The van der Waals surface area contributed by atoms with Crippen LogP contribution in [0.25, 0.3) is 0 Å². The van der Waals surface area contributed by atoms with Gasteiger partial charge in [0.25, 0.3) is 0 Å². The van der Waals surface area contributed by atoms with Gasteiger partial charge in [-0.3, -0.25) is 0 Å². The Morgan fingerprint density at radius 1 is 0.596 bits per heavy atom. The molecule has 4 aromatic carbocycles. The van der Waals surface area contributed by atoms with Crippen molar-refractivity contribution in [3.05, 3.63) is 149 Å². The lowest BCUT2D eigenvalue weighted by Crippen LogP contribution is -2.53. The van der Waals surface area contributed by atoms with Crippen molar-refractivity contribution in [1.29, 1.82) is 0 Å². The zero-order chi connectivity index (χ0) is 36.3. The van der Waals surface area contributed by atoms with Gasteiger partial charge in [0.1, 0.15) is 11.2 Å². The molecule has 3 saturated heterocycles. The van der Waals surface area contributed by atoms with Crippen molar-refractivity contribution in [3.63, 3.8) is 0 Å². The van der Waals surface area contributed by atoms with E-state index in [2.05, 4.69) is 117 Å². The Balaban J connectivity index is 0.000000143. The van der Waals surface area contributed by atoms with E-state index in [-0.39, 0.29) is 6.04 Å². The first kappa shape index (κ1) is 37.7. The first-order valence-corrected chi connectivity index (χ1v) is 22.3. The Hall–Kier alpha value is -4.03. The van der Waals surface area contributed by atoms with Crippen LogP contribution in [0.4, 0.5) is 0 Å². The molecular formula is C42H55N7O2Si. The number of tetrazole rings is 1. The molecule has 3 fully saturated rings. The molecule has 1 aromatic heterocycles. The molecule has 10 heteroatoms. The molecule has 274 valence electrons. The average Bonchev–Trinajstić information content (AvgIpc) is 4.04. The lowest BCUT2D eigenvalue weighted by molar-refractivity contribution is 0.0442. The maximum absolute atomic E-state index is 11.4. The topological polar surface area (TPSA) is 120 Å². The van der Waals surface area contributed by atoms with Crippen LogP contribution >= 0.6 is 0 Å². The lowest BCUT2D eigenvalue weighted by atomic mass is 9.79. The maximum atomic E-state index is 11.4. The number of H-pyrrole nitrogens is 1. The van der Waals surface area contributed by atoms with Gasteiger partial charge in [0.2, 0.25) is 0 Å². The highest BCUT2D eigenvalue weighted by Gasteiger charge is 2.47. The molecule has 5 N–H and O–H groups in total. The van der Waals surface area contributed by atoms with Gasteiger partial charge in [-0.1, -0.05) is 127 Å². The molecule has 0 radical (unpaired) electrons. The van der Waals surface area contributed by atoms with E-state index in [4.69, 9.17) is 4.43 Å². The van der Waals surface area contributed by atoms with Crippen LogP contribution in [-0.4, -0.2) is 65.8 Å². The average molecular weight is 718 g/mol. The van der Waals surface area contributed by atoms with Gasteiger partial charge >= 0.3 is 0 Å². The van der Waals surface area contributed by atoms with E-state index < -0.39 is 19.5 Å². The first-order chi connectivity index (χ1) is 25.3. The molecular weight excluding hydrogens is 663 g/mol. The van der Waals surface area contributed by atoms with E-state index in [1.165, 1.54) is 24.0 Å². The van der Waals surface area contributed by atoms with Crippen molar-refractivity contribution in [3.8, 4) is 0 Å². The first-order valence-electron chi connectivity index (χ1n) is 18.9. The summed E-state index contributed by atoms with van der Waals surface area (Å²) in [4.78, 5) is 0. The Bertz CT molecular complexity index is 1640. The molecule has 0 saturated carbocycles. The normalized spacial score (nSPS) is 20.4. The van der Waals surface area contributed by atoms with Gasteiger partial charge in [-0.15, -0.1) is 10.2 Å². The number of rotatable bonds is 9. The summed E-state index contributed by atoms with van der Waals surface area (Å²) in [6.07, 6.45) is 6.81. The molecule has 3 aliphatic heterocycles. The summed E-state index contributed by atoms with van der Waals surface area (Å²) >= 11 is 0. The molecule has 0 unspecified atom stereocenters. The van der Waals surface area contributed by atoms with Crippen molar-refractivity contribution >= 4 is 8.32 Å². The summed E-state index contributed by atoms with van der Waals surface area (Å²) in [5.74, 6) is 0.789. The summed E-state index contributed by atoms with van der Waals surface area (Å²) in [7, 11) is -1.77. The number of hydrogen-bond donors (Lipinski definition) is 5. The number of nitrogens with one attached hydrogen (secondary N) is 4. The molecule has 0 spiro atoms. The smallest absolute Gasteiger partial charge is 0.191 e. The van der Waals surface area contributed by atoms with E-state index in [9.17, 15) is 5.11 Å². The van der Waals surface area contributed by atoms with Crippen molar-refractivity contribution in [2.45, 2.75) is 87.5 Å². The number of aliphatic hydroxyl groups is 1. The minimum Gasteiger partial charge on any atom is -0.403 e. The molecule has 52 heavy (non-hydrogen) atoms. The summed E-state index contributed by atoms with van der Waals surface area (Å²) in [5, 5.41) is 35.5. The van der Waals surface area contributed by atoms with Gasteiger partial charge in [0.15, 0.2) is 14.1 Å². The molecule has 9 nitrogen and oxygen atoms in total. The highest BCUT2D eigenvalue weighted by atomic mass is 28.4. The summed E-state index contributed by atoms with van der Waals surface area (Å²) in [6.45, 7) is 9.96. The summed E-state index contributed by atoms with van der Waals surface area (Å²) in [5.41, 5.74) is 3.09. The number of nitrogens with zero attached hydrogens (tertiary/aromatic N) is 3. The second-order valence-electron chi connectivity index (χ2n) is 14.9. The Morgan fingerprint density at radius 2 is 1.04 bits per heavy atom. The quantitative estimate of drug-likeness (QED) is 0.105. The van der Waals surface area contributed by atoms with Crippen molar-refractivity contribution in [2.75, 3.05) is 19.6 Å². The molecule has 3 atom stereocenters. The van der Waals surface area contributed by atoms with Crippen LogP contribution in [0.2, 0.25) is 19.6 Å². The van der Waals surface area contributed by atoms with Gasteiger partial charge in [0.05, 0.1) is 6.04 Å². The fraction of sp³-hybridized carbons (Fsp3) is 0.405.